The Kier molecular flexibility index (Phi) is 5.34. The molecule has 3 rings (SSSR count). The van der Waals surface area contributed by atoms with Gasteiger partial charge in [0.1, 0.15) is 5.75 Å². The minimum atomic E-state index is -0.289. The van der Waals surface area contributed by atoms with Gasteiger partial charge < -0.3 is 4.74 Å². The number of aryl methyl sites for hydroxylation is 1. The zero-order valence-electron chi connectivity index (χ0n) is 14.6. The maximum Gasteiger partial charge on any atom is 0.343 e. The van der Waals surface area contributed by atoms with Crippen molar-refractivity contribution in [2.24, 2.45) is 5.92 Å². The fourth-order valence-electron chi connectivity index (χ4n) is 3.44. The SMILES string of the molecule is CCc1ccc(OC(=O)c2ccc(C3CCC(C)CC3)cc2)cc1. The Morgan fingerprint density at radius 2 is 1.58 bits per heavy atom. The molecule has 0 radical (unpaired) electrons. The number of ether oxygens (including phenoxy) is 1. The van der Waals surface area contributed by atoms with Crippen LogP contribution < -0.4 is 4.74 Å². The molecule has 24 heavy (non-hydrogen) atoms. The van der Waals surface area contributed by atoms with Crippen LogP contribution in [0.2, 0.25) is 0 Å². The maximum absolute atomic E-state index is 12.3. The molecule has 0 unspecified atom stereocenters. The molecule has 1 aliphatic carbocycles. The molecule has 0 bridgehead atoms. The van der Waals surface area contributed by atoms with Gasteiger partial charge in [-0.3, -0.25) is 0 Å². The quantitative estimate of drug-likeness (QED) is 0.528. The monoisotopic (exact) mass is 322 g/mol. The van der Waals surface area contributed by atoms with E-state index >= 15 is 0 Å². The molecule has 2 aromatic rings. The van der Waals surface area contributed by atoms with Gasteiger partial charge in [-0.25, -0.2) is 4.79 Å². The minimum Gasteiger partial charge on any atom is -0.423 e. The summed E-state index contributed by atoms with van der Waals surface area (Å²) in [6.45, 7) is 4.44. The van der Waals surface area contributed by atoms with E-state index in [1.807, 2.05) is 36.4 Å². The summed E-state index contributed by atoms with van der Waals surface area (Å²) in [5, 5.41) is 0. The van der Waals surface area contributed by atoms with Crippen LogP contribution in [0.4, 0.5) is 0 Å². The second-order valence-electron chi connectivity index (χ2n) is 6.97. The number of hydrogen-bond donors (Lipinski definition) is 0. The first-order valence-corrected chi connectivity index (χ1v) is 9.06. The van der Waals surface area contributed by atoms with Gasteiger partial charge in [-0.15, -0.1) is 0 Å². The van der Waals surface area contributed by atoms with Gasteiger partial charge in [0.05, 0.1) is 5.56 Å². The first-order valence-electron chi connectivity index (χ1n) is 9.06. The molecule has 0 amide bonds. The lowest BCUT2D eigenvalue weighted by Gasteiger charge is -2.26. The van der Waals surface area contributed by atoms with E-state index in [4.69, 9.17) is 4.74 Å². The number of carbonyl (C=O) groups excluding carboxylic acids is 1. The molecule has 0 N–H and O–H groups in total. The van der Waals surface area contributed by atoms with Crippen molar-refractivity contribution in [3.8, 4) is 5.75 Å². The van der Waals surface area contributed by atoms with Crippen molar-refractivity contribution >= 4 is 5.97 Å². The maximum atomic E-state index is 12.3. The Bertz CT molecular complexity index is 662. The lowest BCUT2D eigenvalue weighted by atomic mass is 9.79. The van der Waals surface area contributed by atoms with Crippen LogP contribution >= 0.6 is 0 Å². The second-order valence-corrected chi connectivity index (χ2v) is 6.97. The fraction of sp³-hybridized carbons (Fsp3) is 0.409. The zero-order valence-corrected chi connectivity index (χ0v) is 14.6. The van der Waals surface area contributed by atoms with Crippen molar-refractivity contribution in [2.45, 2.75) is 51.9 Å². The molecule has 0 aromatic heterocycles. The molecule has 2 nitrogen and oxygen atoms in total. The van der Waals surface area contributed by atoms with Gasteiger partial charge in [-0.05, 0) is 66.5 Å². The van der Waals surface area contributed by atoms with Crippen molar-refractivity contribution in [3.63, 3.8) is 0 Å². The smallest absolute Gasteiger partial charge is 0.343 e. The highest BCUT2D eigenvalue weighted by Gasteiger charge is 2.20. The van der Waals surface area contributed by atoms with Crippen LogP contribution in [0.1, 0.15) is 66.9 Å². The Hall–Kier alpha value is -2.09. The number of carbonyl (C=O) groups is 1. The fourth-order valence-corrected chi connectivity index (χ4v) is 3.44. The van der Waals surface area contributed by atoms with Gasteiger partial charge in [-0.2, -0.15) is 0 Å². The molecule has 0 atom stereocenters. The summed E-state index contributed by atoms with van der Waals surface area (Å²) < 4.78 is 5.46. The van der Waals surface area contributed by atoms with Gasteiger partial charge >= 0.3 is 5.97 Å². The van der Waals surface area contributed by atoms with Gasteiger partial charge in [0.2, 0.25) is 0 Å². The average molecular weight is 322 g/mol. The molecule has 0 spiro atoms. The molecule has 0 heterocycles. The zero-order chi connectivity index (χ0) is 16.9. The first kappa shape index (κ1) is 16.8. The molecule has 0 saturated heterocycles. The number of benzene rings is 2. The lowest BCUT2D eigenvalue weighted by Crippen LogP contribution is -2.12. The van der Waals surface area contributed by atoms with Crippen LogP contribution in [0.5, 0.6) is 5.75 Å². The third-order valence-corrected chi connectivity index (χ3v) is 5.18. The summed E-state index contributed by atoms with van der Waals surface area (Å²) in [7, 11) is 0. The number of rotatable bonds is 4. The molecular weight excluding hydrogens is 296 g/mol. The van der Waals surface area contributed by atoms with Crippen LogP contribution in [0.15, 0.2) is 48.5 Å². The molecule has 0 aliphatic heterocycles. The summed E-state index contributed by atoms with van der Waals surface area (Å²) in [5.41, 5.74) is 3.20. The number of esters is 1. The first-order chi connectivity index (χ1) is 11.7. The third-order valence-electron chi connectivity index (χ3n) is 5.18. The van der Waals surface area contributed by atoms with Crippen LogP contribution in [-0.2, 0) is 6.42 Å². The lowest BCUT2D eigenvalue weighted by molar-refractivity contribution is 0.0734. The Labute approximate surface area is 144 Å². The summed E-state index contributed by atoms with van der Waals surface area (Å²) in [6, 6.07) is 15.7. The molecule has 126 valence electrons. The Balaban J connectivity index is 1.62. The number of hydrogen-bond acceptors (Lipinski definition) is 2. The van der Waals surface area contributed by atoms with Crippen LogP contribution in [0.25, 0.3) is 0 Å². The Morgan fingerprint density at radius 3 is 2.17 bits per heavy atom. The van der Waals surface area contributed by atoms with Crippen molar-refractivity contribution in [2.75, 3.05) is 0 Å². The largest absolute Gasteiger partial charge is 0.423 e. The molecule has 1 aliphatic rings. The van der Waals surface area contributed by atoms with Crippen LogP contribution in [0.3, 0.4) is 0 Å². The van der Waals surface area contributed by atoms with E-state index in [9.17, 15) is 4.79 Å². The predicted octanol–water partition coefficient (Wildman–Crippen LogP) is 5.76. The van der Waals surface area contributed by atoms with Gasteiger partial charge in [-0.1, -0.05) is 51.0 Å². The van der Waals surface area contributed by atoms with E-state index in [1.54, 1.807) is 0 Å². The van der Waals surface area contributed by atoms with Crippen molar-refractivity contribution in [1.29, 1.82) is 0 Å². The predicted molar refractivity (Wildman–Crippen MR) is 97.6 cm³/mol. The second kappa shape index (κ2) is 7.65. The highest BCUT2D eigenvalue weighted by molar-refractivity contribution is 5.91. The van der Waals surface area contributed by atoms with Gasteiger partial charge in [0, 0.05) is 0 Å². The standard InChI is InChI=1S/C22H26O2/c1-3-17-6-14-21(15-7-17)24-22(23)20-12-10-19(11-13-20)18-8-4-16(2)5-9-18/h6-7,10-16,18H,3-5,8-9H2,1-2H3. The van der Waals surface area contributed by atoms with Crippen molar-refractivity contribution < 1.29 is 9.53 Å². The summed E-state index contributed by atoms with van der Waals surface area (Å²) in [5.74, 6) is 1.81. The molecule has 1 fully saturated rings. The van der Waals surface area contributed by atoms with E-state index in [-0.39, 0.29) is 5.97 Å². The van der Waals surface area contributed by atoms with E-state index in [1.165, 1.54) is 36.8 Å². The van der Waals surface area contributed by atoms with Crippen molar-refractivity contribution in [1.82, 2.24) is 0 Å². The minimum absolute atomic E-state index is 0.289. The van der Waals surface area contributed by atoms with E-state index in [0.717, 1.165) is 12.3 Å². The topological polar surface area (TPSA) is 26.3 Å². The van der Waals surface area contributed by atoms with Gasteiger partial charge in [0.15, 0.2) is 0 Å². The highest BCUT2D eigenvalue weighted by Crippen LogP contribution is 2.35. The van der Waals surface area contributed by atoms with E-state index in [2.05, 4.69) is 26.0 Å². The average Bonchev–Trinajstić information content (AvgIpc) is 2.63. The highest BCUT2D eigenvalue weighted by atomic mass is 16.5. The van der Waals surface area contributed by atoms with Gasteiger partial charge in [0.25, 0.3) is 0 Å². The summed E-state index contributed by atoms with van der Waals surface area (Å²) in [4.78, 5) is 12.3. The molecular formula is C22H26O2. The molecule has 2 heteroatoms. The van der Waals surface area contributed by atoms with Crippen molar-refractivity contribution in [3.05, 3.63) is 65.2 Å². The van der Waals surface area contributed by atoms with Crippen LogP contribution in [-0.4, -0.2) is 5.97 Å². The molecule has 1 saturated carbocycles. The van der Waals surface area contributed by atoms with E-state index in [0.29, 0.717) is 17.2 Å². The van der Waals surface area contributed by atoms with Crippen LogP contribution in [0, 0.1) is 5.92 Å². The summed E-state index contributed by atoms with van der Waals surface area (Å²) in [6.07, 6.45) is 6.11. The Morgan fingerprint density at radius 1 is 0.958 bits per heavy atom. The summed E-state index contributed by atoms with van der Waals surface area (Å²) >= 11 is 0. The third kappa shape index (κ3) is 4.05. The van der Waals surface area contributed by atoms with E-state index < -0.39 is 0 Å². The molecule has 2 aromatic carbocycles. The normalized spacial score (nSPS) is 20.6.